The molecule has 4 rings (SSSR count). The molecule has 0 spiro atoms. The SMILES string of the molecule is CN1C(=O)c2cccc3c2C(Cc2ccccc2C3)C1=O. The molecule has 0 aromatic heterocycles. The van der Waals surface area contributed by atoms with Crippen LogP contribution in [0.4, 0.5) is 0 Å². The molecule has 21 heavy (non-hydrogen) atoms. The predicted octanol–water partition coefficient (Wildman–Crippen LogP) is 2.53. The first kappa shape index (κ1) is 12.3. The van der Waals surface area contributed by atoms with Crippen molar-refractivity contribution in [1.29, 1.82) is 0 Å². The molecule has 3 heteroatoms. The Hall–Kier alpha value is -2.42. The highest BCUT2D eigenvalue weighted by Gasteiger charge is 2.39. The topological polar surface area (TPSA) is 37.4 Å². The molecule has 0 radical (unpaired) electrons. The van der Waals surface area contributed by atoms with Gasteiger partial charge in [-0.2, -0.15) is 0 Å². The van der Waals surface area contributed by atoms with E-state index in [1.165, 1.54) is 16.0 Å². The van der Waals surface area contributed by atoms with E-state index in [0.29, 0.717) is 12.0 Å². The third-order valence-corrected chi connectivity index (χ3v) is 4.63. The molecule has 0 fully saturated rings. The van der Waals surface area contributed by atoms with Crippen LogP contribution in [-0.4, -0.2) is 23.8 Å². The minimum Gasteiger partial charge on any atom is -0.281 e. The molecule has 0 saturated carbocycles. The van der Waals surface area contributed by atoms with E-state index in [4.69, 9.17) is 0 Å². The molecule has 0 N–H and O–H groups in total. The molecule has 1 atom stereocenters. The van der Waals surface area contributed by atoms with E-state index in [9.17, 15) is 9.59 Å². The molecule has 2 aromatic carbocycles. The fourth-order valence-electron chi connectivity index (χ4n) is 3.55. The number of hydrogen-bond donors (Lipinski definition) is 0. The highest BCUT2D eigenvalue weighted by Crippen LogP contribution is 2.38. The smallest absolute Gasteiger partial charge is 0.260 e. The van der Waals surface area contributed by atoms with Gasteiger partial charge in [-0.25, -0.2) is 0 Å². The molecule has 2 aromatic rings. The lowest BCUT2D eigenvalue weighted by Gasteiger charge is -2.30. The first-order valence-electron chi connectivity index (χ1n) is 7.17. The average molecular weight is 277 g/mol. The van der Waals surface area contributed by atoms with Crippen molar-refractivity contribution in [3.63, 3.8) is 0 Å². The summed E-state index contributed by atoms with van der Waals surface area (Å²) in [4.78, 5) is 26.2. The number of fused-ring (bicyclic) bond motifs is 1. The zero-order valence-electron chi connectivity index (χ0n) is 11.8. The Morgan fingerprint density at radius 1 is 0.952 bits per heavy atom. The lowest BCUT2D eigenvalue weighted by atomic mass is 9.83. The van der Waals surface area contributed by atoms with E-state index in [2.05, 4.69) is 12.1 Å². The molecule has 1 unspecified atom stereocenters. The second-order valence-electron chi connectivity index (χ2n) is 5.78. The predicted molar refractivity (Wildman–Crippen MR) is 79.2 cm³/mol. The Labute approximate surface area is 123 Å². The van der Waals surface area contributed by atoms with Crippen LogP contribution < -0.4 is 0 Å². The second-order valence-corrected chi connectivity index (χ2v) is 5.78. The number of carbonyl (C=O) groups is 2. The quantitative estimate of drug-likeness (QED) is 0.694. The lowest BCUT2D eigenvalue weighted by molar-refractivity contribution is -0.129. The zero-order valence-corrected chi connectivity index (χ0v) is 11.8. The molecular formula is C18H15NO2. The lowest BCUT2D eigenvalue weighted by Crippen LogP contribution is -2.42. The third kappa shape index (κ3) is 1.67. The summed E-state index contributed by atoms with van der Waals surface area (Å²) in [5.41, 5.74) is 5.20. The number of carbonyl (C=O) groups excluding carboxylic acids is 2. The zero-order chi connectivity index (χ0) is 14.6. The first-order chi connectivity index (χ1) is 10.2. The van der Waals surface area contributed by atoms with Crippen LogP contribution in [0.3, 0.4) is 0 Å². The molecule has 2 amide bonds. The minimum atomic E-state index is -0.234. The van der Waals surface area contributed by atoms with Crippen molar-refractivity contribution >= 4 is 11.8 Å². The Morgan fingerprint density at radius 3 is 2.48 bits per heavy atom. The van der Waals surface area contributed by atoms with Crippen LogP contribution in [-0.2, 0) is 17.6 Å². The molecule has 1 aliphatic heterocycles. The third-order valence-electron chi connectivity index (χ3n) is 4.63. The van der Waals surface area contributed by atoms with Gasteiger partial charge in [0.2, 0.25) is 5.91 Å². The van der Waals surface area contributed by atoms with Gasteiger partial charge in [-0.05, 0) is 41.2 Å². The van der Waals surface area contributed by atoms with Crippen molar-refractivity contribution in [3.8, 4) is 0 Å². The van der Waals surface area contributed by atoms with Crippen molar-refractivity contribution in [3.05, 3.63) is 70.3 Å². The first-order valence-corrected chi connectivity index (χ1v) is 7.17. The van der Waals surface area contributed by atoms with Crippen LogP contribution in [0.2, 0.25) is 0 Å². The molecule has 3 nitrogen and oxygen atoms in total. The standard InChI is InChI=1S/C18H15NO2/c1-19-17(20)14-8-4-7-13-9-11-5-2-3-6-12(11)10-15(16(13)14)18(19)21/h2-8,15H,9-10H2,1H3. The van der Waals surface area contributed by atoms with Gasteiger partial charge in [0.05, 0.1) is 5.92 Å². The van der Waals surface area contributed by atoms with Crippen LogP contribution in [0.1, 0.15) is 38.5 Å². The van der Waals surface area contributed by atoms with E-state index < -0.39 is 0 Å². The average Bonchev–Trinajstić information content (AvgIpc) is 2.67. The van der Waals surface area contributed by atoms with Gasteiger partial charge in [-0.15, -0.1) is 0 Å². The minimum absolute atomic E-state index is 0.0864. The van der Waals surface area contributed by atoms with E-state index >= 15 is 0 Å². The highest BCUT2D eigenvalue weighted by molar-refractivity contribution is 6.11. The van der Waals surface area contributed by atoms with Crippen LogP contribution in [0.25, 0.3) is 0 Å². The highest BCUT2D eigenvalue weighted by atomic mass is 16.2. The summed E-state index contributed by atoms with van der Waals surface area (Å²) in [5, 5.41) is 0. The number of hydrogen-bond acceptors (Lipinski definition) is 2. The Morgan fingerprint density at radius 2 is 1.67 bits per heavy atom. The summed E-state index contributed by atoms with van der Waals surface area (Å²) in [6.07, 6.45) is 1.47. The van der Waals surface area contributed by atoms with Crippen LogP contribution in [0, 0.1) is 0 Å². The second kappa shape index (κ2) is 4.29. The normalized spacial score (nSPS) is 19.9. The number of imide groups is 1. The molecule has 2 aliphatic rings. The Bertz CT molecular complexity index is 779. The number of amides is 2. The van der Waals surface area contributed by atoms with Crippen molar-refractivity contribution in [1.82, 2.24) is 4.90 Å². The number of rotatable bonds is 0. The summed E-state index contributed by atoms with van der Waals surface area (Å²) < 4.78 is 0. The van der Waals surface area contributed by atoms with Crippen molar-refractivity contribution in [2.45, 2.75) is 18.8 Å². The van der Waals surface area contributed by atoms with E-state index in [1.54, 1.807) is 7.05 Å². The maximum absolute atomic E-state index is 12.6. The number of nitrogens with zero attached hydrogens (tertiary/aromatic N) is 1. The van der Waals surface area contributed by atoms with Gasteiger partial charge in [0, 0.05) is 12.6 Å². The van der Waals surface area contributed by atoms with E-state index in [0.717, 1.165) is 17.5 Å². The Balaban J connectivity index is 1.99. The molecule has 1 heterocycles. The van der Waals surface area contributed by atoms with Crippen LogP contribution >= 0.6 is 0 Å². The van der Waals surface area contributed by atoms with Gasteiger partial charge in [0.1, 0.15) is 0 Å². The van der Waals surface area contributed by atoms with Crippen LogP contribution in [0.5, 0.6) is 0 Å². The van der Waals surface area contributed by atoms with E-state index in [-0.39, 0.29) is 17.7 Å². The summed E-state index contributed by atoms with van der Waals surface area (Å²) in [6, 6.07) is 14.0. The van der Waals surface area contributed by atoms with Gasteiger partial charge in [-0.3, -0.25) is 14.5 Å². The van der Waals surface area contributed by atoms with Gasteiger partial charge < -0.3 is 0 Å². The monoisotopic (exact) mass is 277 g/mol. The van der Waals surface area contributed by atoms with Gasteiger partial charge in [-0.1, -0.05) is 36.4 Å². The maximum atomic E-state index is 12.6. The molecular weight excluding hydrogens is 262 g/mol. The summed E-state index contributed by atoms with van der Waals surface area (Å²) in [6.45, 7) is 0. The van der Waals surface area contributed by atoms with Crippen LogP contribution in [0.15, 0.2) is 42.5 Å². The fraction of sp³-hybridized carbons (Fsp3) is 0.222. The summed E-state index contributed by atoms with van der Waals surface area (Å²) >= 11 is 0. The Kier molecular flexibility index (Phi) is 2.52. The fourth-order valence-corrected chi connectivity index (χ4v) is 3.55. The van der Waals surface area contributed by atoms with Crippen molar-refractivity contribution in [2.75, 3.05) is 7.05 Å². The molecule has 1 aliphatic carbocycles. The maximum Gasteiger partial charge on any atom is 0.260 e. The van der Waals surface area contributed by atoms with Crippen molar-refractivity contribution < 1.29 is 9.59 Å². The van der Waals surface area contributed by atoms with Crippen molar-refractivity contribution in [2.24, 2.45) is 0 Å². The van der Waals surface area contributed by atoms with Gasteiger partial charge in [0.15, 0.2) is 0 Å². The number of likely N-dealkylation sites (N-methyl/N-ethyl adjacent to an activating group) is 1. The largest absolute Gasteiger partial charge is 0.281 e. The van der Waals surface area contributed by atoms with Gasteiger partial charge in [0.25, 0.3) is 5.91 Å². The summed E-state index contributed by atoms with van der Waals surface area (Å²) in [5.74, 6) is -0.502. The molecule has 0 bridgehead atoms. The molecule has 104 valence electrons. The van der Waals surface area contributed by atoms with Gasteiger partial charge >= 0.3 is 0 Å². The summed E-state index contributed by atoms with van der Waals surface area (Å²) in [7, 11) is 1.58. The van der Waals surface area contributed by atoms with E-state index in [1.807, 2.05) is 30.3 Å². The number of benzene rings is 2. The molecule has 0 saturated heterocycles.